The third-order valence-electron chi connectivity index (χ3n) is 4.27. The lowest BCUT2D eigenvalue weighted by Crippen LogP contribution is -2.21. The van der Waals surface area contributed by atoms with Crippen molar-refractivity contribution in [3.05, 3.63) is 58.2 Å². The number of carboxylic acid groups (broad SMARTS) is 1. The van der Waals surface area contributed by atoms with Gasteiger partial charge in [-0.15, -0.1) is 0 Å². The minimum absolute atomic E-state index is 0.311. The fourth-order valence-electron chi connectivity index (χ4n) is 2.68. The van der Waals surface area contributed by atoms with Gasteiger partial charge in [0.15, 0.2) is 17.4 Å². The average Bonchev–Trinajstić information content (AvgIpc) is 2.66. The molecule has 0 saturated heterocycles. The van der Waals surface area contributed by atoms with E-state index in [9.17, 15) is 36.6 Å². The van der Waals surface area contributed by atoms with Crippen LogP contribution in [0.3, 0.4) is 0 Å². The summed E-state index contributed by atoms with van der Waals surface area (Å²) >= 11 is 0. The Hall–Kier alpha value is -3.37. The predicted octanol–water partition coefficient (Wildman–Crippen LogP) is 4.87. The molecule has 0 heterocycles. The maximum absolute atomic E-state index is 14.2. The Kier molecular flexibility index (Phi) is 7.09. The van der Waals surface area contributed by atoms with Crippen LogP contribution in [-0.2, 0) is 19.3 Å². The van der Waals surface area contributed by atoms with Gasteiger partial charge in [0, 0.05) is 23.6 Å². The summed E-state index contributed by atoms with van der Waals surface area (Å²) in [7, 11) is 0. The number of benzene rings is 2. The second kappa shape index (κ2) is 9.19. The molecule has 0 bridgehead atoms. The highest BCUT2D eigenvalue weighted by Crippen LogP contribution is 2.44. The number of hydrogen-bond donors (Lipinski definition) is 3. The largest absolute Gasteiger partial charge is 0.506 e. The quantitative estimate of drug-likeness (QED) is 0.416. The summed E-state index contributed by atoms with van der Waals surface area (Å²) in [5.41, 5.74) is -2.90. The van der Waals surface area contributed by atoms with Gasteiger partial charge in [-0.25, -0.2) is 13.6 Å². The predicted molar refractivity (Wildman–Crippen MR) is 97.8 cm³/mol. The fraction of sp³-hybridized carbons (Fsp3) is 0.300. The number of Topliss-reactive ketones (excluding diaryl/α,β-unsaturated/α-hetero) is 1. The van der Waals surface area contributed by atoms with Crippen molar-refractivity contribution in [3.8, 4) is 11.5 Å². The molecule has 2 aromatic rings. The Morgan fingerprint density at radius 2 is 1.65 bits per heavy atom. The van der Waals surface area contributed by atoms with Crippen molar-refractivity contribution in [3.63, 3.8) is 0 Å². The number of carbonyl (C=O) groups is 2. The third-order valence-corrected chi connectivity index (χ3v) is 4.27. The van der Waals surface area contributed by atoms with Crippen LogP contribution in [0.15, 0.2) is 24.3 Å². The van der Waals surface area contributed by atoms with Crippen LogP contribution in [0.5, 0.6) is 11.5 Å². The molecule has 2 rings (SSSR count). The average molecular weight is 447 g/mol. The number of carbonyl (C=O) groups excluding carboxylic acids is 1. The zero-order valence-corrected chi connectivity index (χ0v) is 16.3. The molecule has 0 aliphatic heterocycles. The minimum Gasteiger partial charge on any atom is -0.506 e. The van der Waals surface area contributed by atoms with E-state index in [4.69, 9.17) is 9.84 Å². The maximum atomic E-state index is 14.2. The Labute approximate surface area is 173 Å². The SMILES string of the molecule is CC(C)C(=O)c1ccc(OCc2ccc(CNC(=O)O)c(F)c2F)c(C(F)(F)F)c1O. The topological polar surface area (TPSA) is 95.9 Å². The molecule has 6 nitrogen and oxygen atoms in total. The van der Waals surface area contributed by atoms with Crippen molar-refractivity contribution in [2.45, 2.75) is 33.2 Å². The molecule has 0 aliphatic carbocycles. The second-order valence-corrected chi connectivity index (χ2v) is 6.81. The first-order valence-electron chi connectivity index (χ1n) is 8.87. The first-order valence-corrected chi connectivity index (χ1v) is 8.87. The molecule has 0 spiro atoms. The van der Waals surface area contributed by atoms with Gasteiger partial charge >= 0.3 is 12.3 Å². The Balaban J connectivity index is 2.35. The number of rotatable bonds is 7. The van der Waals surface area contributed by atoms with Crippen molar-refractivity contribution in [1.29, 1.82) is 0 Å². The molecule has 31 heavy (non-hydrogen) atoms. The lowest BCUT2D eigenvalue weighted by molar-refractivity contribution is -0.140. The minimum atomic E-state index is -5.09. The fourth-order valence-corrected chi connectivity index (χ4v) is 2.68. The van der Waals surface area contributed by atoms with E-state index in [1.54, 1.807) is 0 Å². The summed E-state index contributed by atoms with van der Waals surface area (Å²) in [5.74, 6) is -6.38. The summed E-state index contributed by atoms with van der Waals surface area (Å²) in [6.45, 7) is 1.56. The van der Waals surface area contributed by atoms with Crippen LogP contribution in [0.4, 0.5) is 26.7 Å². The smallest absolute Gasteiger partial charge is 0.423 e. The third kappa shape index (κ3) is 5.41. The van der Waals surface area contributed by atoms with Gasteiger partial charge in [0.1, 0.15) is 23.7 Å². The summed E-state index contributed by atoms with van der Waals surface area (Å²) in [6, 6.07) is 3.86. The van der Waals surface area contributed by atoms with Crippen LogP contribution < -0.4 is 10.1 Å². The van der Waals surface area contributed by atoms with Crippen LogP contribution in [0.2, 0.25) is 0 Å². The Morgan fingerprint density at radius 3 is 2.19 bits per heavy atom. The first kappa shape index (κ1) is 23.9. The lowest BCUT2D eigenvalue weighted by atomic mass is 9.97. The zero-order valence-electron chi connectivity index (χ0n) is 16.3. The number of nitrogens with one attached hydrogen (secondary N) is 1. The molecule has 0 saturated carbocycles. The highest BCUT2D eigenvalue weighted by Gasteiger charge is 2.40. The van der Waals surface area contributed by atoms with Crippen molar-refractivity contribution in [2.24, 2.45) is 5.92 Å². The molecule has 11 heteroatoms. The van der Waals surface area contributed by atoms with E-state index in [0.29, 0.717) is 0 Å². The standard InChI is InChI=1S/C20H18F5NO5/c1-9(2)17(27)12-5-6-13(14(18(12)28)20(23,24)25)31-8-11-4-3-10(7-26-19(29)30)15(21)16(11)22/h3-6,9,26,28H,7-8H2,1-2H3,(H,29,30). The van der Waals surface area contributed by atoms with E-state index in [-0.39, 0.29) is 5.56 Å². The van der Waals surface area contributed by atoms with Crippen LogP contribution in [0, 0.1) is 17.6 Å². The number of alkyl halides is 3. The van der Waals surface area contributed by atoms with Crippen molar-refractivity contribution in [2.75, 3.05) is 0 Å². The number of halogens is 5. The van der Waals surface area contributed by atoms with Gasteiger partial charge in [-0.3, -0.25) is 4.79 Å². The molecular weight excluding hydrogens is 429 g/mol. The number of phenols is 1. The number of ketones is 1. The summed E-state index contributed by atoms with van der Waals surface area (Å²) < 4.78 is 73.7. The summed E-state index contributed by atoms with van der Waals surface area (Å²) in [5, 5.41) is 20.4. The van der Waals surface area contributed by atoms with Crippen LogP contribution in [0.1, 0.15) is 40.9 Å². The second-order valence-electron chi connectivity index (χ2n) is 6.81. The molecule has 0 radical (unpaired) electrons. The Bertz CT molecular complexity index is 1000. The van der Waals surface area contributed by atoms with Crippen molar-refractivity contribution in [1.82, 2.24) is 5.32 Å². The molecule has 0 aromatic heterocycles. The zero-order chi connectivity index (χ0) is 23.5. The molecule has 1 amide bonds. The lowest BCUT2D eigenvalue weighted by Gasteiger charge is -2.18. The number of hydrogen-bond acceptors (Lipinski definition) is 4. The molecule has 0 fully saturated rings. The molecule has 0 unspecified atom stereocenters. The molecule has 0 aliphatic rings. The van der Waals surface area contributed by atoms with E-state index >= 15 is 0 Å². The van der Waals surface area contributed by atoms with Gasteiger partial charge in [-0.2, -0.15) is 13.2 Å². The molecule has 168 valence electrons. The van der Waals surface area contributed by atoms with Gasteiger partial charge in [0.2, 0.25) is 0 Å². The van der Waals surface area contributed by atoms with Gasteiger partial charge in [-0.05, 0) is 12.1 Å². The first-order chi connectivity index (χ1) is 14.3. The van der Waals surface area contributed by atoms with Crippen LogP contribution >= 0.6 is 0 Å². The molecular formula is C20H18F5NO5. The number of ether oxygens (including phenoxy) is 1. The summed E-state index contributed by atoms with van der Waals surface area (Å²) in [4.78, 5) is 22.5. The highest BCUT2D eigenvalue weighted by molar-refractivity contribution is 6.00. The summed E-state index contributed by atoms with van der Waals surface area (Å²) in [6.07, 6.45) is -6.55. The van der Waals surface area contributed by atoms with Gasteiger partial charge in [0.05, 0.1) is 5.56 Å². The van der Waals surface area contributed by atoms with Crippen molar-refractivity contribution >= 4 is 11.9 Å². The number of phenolic OH excluding ortho intramolecular Hbond substituents is 1. The van der Waals surface area contributed by atoms with Gasteiger partial charge < -0.3 is 20.3 Å². The van der Waals surface area contributed by atoms with Crippen molar-refractivity contribution < 1.29 is 46.5 Å². The van der Waals surface area contributed by atoms with E-state index in [0.717, 1.165) is 24.3 Å². The molecule has 0 atom stereocenters. The van der Waals surface area contributed by atoms with Crippen LogP contribution in [-0.4, -0.2) is 22.1 Å². The van der Waals surface area contributed by atoms with Crippen LogP contribution in [0.25, 0.3) is 0 Å². The van der Waals surface area contributed by atoms with E-state index in [1.165, 1.54) is 13.8 Å². The monoisotopic (exact) mass is 447 g/mol. The number of amides is 1. The Morgan fingerprint density at radius 1 is 1.06 bits per heavy atom. The molecule has 3 N–H and O–H groups in total. The molecule has 2 aromatic carbocycles. The van der Waals surface area contributed by atoms with Gasteiger partial charge in [-0.1, -0.05) is 26.0 Å². The maximum Gasteiger partial charge on any atom is 0.423 e. The van der Waals surface area contributed by atoms with E-state index < -0.39 is 76.9 Å². The van der Waals surface area contributed by atoms with E-state index in [1.807, 2.05) is 5.32 Å². The van der Waals surface area contributed by atoms with E-state index in [2.05, 4.69) is 0 Å². The highest BCUT2D eigenvalue weighted by atomic mass is 19.4. The number of aromatic hydroxyl groups is 1. The van der Waals surface area contributed by atoms with Gasteiger partial charge in [0.25, 0.3) is 0 Å². The normalized spacial score (nSPS) is 11.5.